The molecule has 0 unspecified atom stereocenters. The van der Waals surface area contributed by atoms with E-state index in [4.69, 9.17) is 0 Å². The molecule has 10 heavy (non-hydrogen) atoms. The van der Waals surface area contributed by atoms with Gasteiger partial charge in [0.05, 0.1) is 5.75 Å². The maximum Gasteiger partial charge on any atom is 0.140 e. The zero-order valence-corrected chi connectivity index (χ0v) is 7.27. The van der Waals surface area contributed by atoms with Gasteiger partial charge in [0.2, 0.25) is 0 Å². The Bertz CT molecular complexity index is 122. The molecule has 0 aliphatic carbocycles. The standard InChI is InChI=1S/C7H15O2S/c1-2-3-4-5-6-7-10(8)9/h6,10H,2-5,7H2,1H3. The Morgan fingerprint density at radius 1 is 1.30 bits per heavy atom. The van der Waals surface area contributed by atoms with Gasteiger partial charge < -0.3 is 0 Å². The predicted octanol–water partition coefficient (Wildman–Crippen LogP) is 1.38. The van der Waals surface area contributed by atoms with E-state index in [1.54, 1.807) is 0 Å². The fraction of sp³-hybridized carbons (Fsp3) is 0.857. The summed E-state index contributed by atoms with van der Waals surface area (Å²) in [5.74, 6) is 0.249. The molecule has 0 bridgehead atoms. The van der Waals surface area contributed by atoms with Crippen molar-refractivity contribution in [2.45, 2.75) is 32.6 Å². The molecule has 0 amide bonds. The van der Waals surface area contributed by atoms with Gasteiger partial charge in [0.1, 0.15) is 10.7 Å². The second kappa shape index (κ2) is 7.06. The van der Waals surface area contributed by atoms with Crippen LogP contribution in [-0.2, 0) is 10.7 Å². The minimum Gasteiger partial charge on any atom is -0.232 e. The third-order valence-corrected chi connectivity index (χ3v) is 1.85. The lowest BCUT2D eigenvalue weighted by molar-refractivity contribution is 0.614. The van der Waals surface area contributed by atoms with E-state index >= 15 is 0 Å². The first-order chi connectivity index (χ1) is 4.77. The van der Waals surface area contributed by atoms with Crippen LogP contribution < -0.4 is 0 Å². The molecule has 0 aromatic rings. The molecule has 0 fully saturated rings. The van der Waals surface area contributed by atoms with Gasteiger partial charge in [-0.3, -0.25) is 0 Å². The first-order valence-corrected chi connectivity index (χ1v) is 5.07. The van der Waals surface area contributed by atoms with Crippen LogP contribution in [0.25, 0.3) is 0 Å². The number of hydrogen-bond donors (Lipinski definition) is 1. The Kier molecular flexibility index (Phi) is 7.03. The quantitative estimate of drug-likeness (QED) is 0.474. The molecule has 0 saturated carbocycles. The molecule has 1 radical (unpaired) electrons. The minimum atomic E-state index is -2.18. The number of thiol groups is 1. The molecule has 0 aromatic carbocycles. The lowest BCUT2D eigenvalue weighted by Gasteiger charge is -1.93. The third kappa shape index (κ3) is 7.95. The van der Waals surface area contributed by atoms with Crippen molar-refractivity contribution in [2.24, 2.45) is 0 Å². The molecule has 0 aromatic heterocycles. The Morgan fingerprint density at radius 3 is 2.50 bits per heavy atom. The van der Waals surface area contributed by atoms with Gasteiger partial charge >= 0.3 is 0 Å². The van der Waals surface area contributed by atoms with Crippen molar-refractivity contribution >= 4 is 10.7 Å². The molecule has 61 valence electrons. The summed E-state index contributed by atoms with van der Waals surface area (Å²) in [6.45, 7) is 2.13. The van der Waals surface area contributed by atoms with E-state index in [-0.39, 0.29) is 5.75 Å². The third-order valence-electron chi connectivity index (χ3n) is 1.29. The first-order valence-electron chi connectivity index (χ1n) is 3.70. The van der Waals surface area contributed by atoms with Gasteiger partial charge in [-0.1, -0.05) is 26.2 Å². The van der Waals surface area contributed by atoms with Crippen LogP contribution in [-0.4, -0.2) is 14.2 Å². The van der Waals surface area contributed by atoms with Crippen LogP contribution in [0.5, 0.6) is 0 Å². The Morgan fingerprint density at radius 2 is 2.00 bits per heavy atom. The summed E-state index contributed by atoms with van der Waals surface area (Å²) in [6.07, 6.45) is 6.29. The smallest absolute Gasteiger partial charge is 0.140 e. The average Bonchev–Trinajstić information content (AvgIpc) is 1.87. The normalized spacial score (nSPS) is 10.6. The van der Waals surface area contributed by atoms with Crippen LogP contribution in [0.3, 0.4) is 0 Å². The van der Waals surface area contributed by atoms with E-state index in [2.05, 4.69) is 6.92 Å². The van der Waals surface area contributed by atoms with E-state index in [0.29, 0.717) is 0 Å². The average molecular weight is 163 g/mol. The summed E-state index contributed by atoms with van der Waals surface area (Å²) in [7, 11) is -2.18. The van der Waals surface area contributed by atoms with E-state index < -0.39 is 10.7 Å². The molecular formula is C7H15O2S. The van der Waals surface area contributed by atoms with Crippen LogP contribution in [0, 0.1) is 6.42 Å². The first kappa shape index (κ1) is 9.95. The molecule has 3 heteroatoms. The van der Waals surface area contributed by atoms with Gasteiger partial charge in [0.25, 0.3) is 0 Å². The molecule has 0 atom stereocenters. The molecule has 0 saturated heterocycles. The van der Waals surface area contributed by atoms with Gasteiger partial charge in [-0.2, -0.15) is 0 Å². The summed E-state index contributed by atoms with van der Waals surface area (Å²) in [5, 5.41) is 0. The highest BCUT2D eigenvalue weighted by atomic mass is 32.2. The molecule has 0 aliphatic heterocycles. The molecular weight excluding hydrogens is 148 g/mol. The highest BCUT2D eigenvalue weighted by Crippen LogP contribution is 2.00. The van der Waals surface area contributed by atoms with Crippen molar-refractivity contribution < 1.29 is 8.42 Å². The molecule has 2 nitrogen and oxygen atoms in total. The summed E-state index contributed by atoms with van der Waals surface area (Å²) in [4.78, 5) is 0. The SMILES string of the molecule is CCCCC[CH]C[SH](=O)=O. The molecule has 0 heterocycles. The van der Waals surface area contributed by atoms with Gasteiger partial charge in [0, 0.05) is 0 Å². The maximum absolute atomic E-state index is 10.0. The topological polar surface area (TPSA) is 34.1 Å². The second-order valence-electron chi connectivity index (χ2n) is 2.30. The summed E-state index contributed by atoms with van der Waals surface area (Å²) in [6, 6.07) is 0. The van der Waals surface area contributed by atoms with Crippen molar-refractivity contribution in [3.05, 3.63) is 6.42 Å². The zero-order chi connectivity index (χ0) is 7.82. The lowest BCUT2D eigenvalue weighted by atomic mass is 10.2. The fourth-order valence-corrected chi connectivity index (χ4v) is 1.13. The lowest BCUT2D eigenvalue weighted by Crippen LogP contribution is -1.88. The summed E-state index contributed by atoms with van der Waals surface area (Å²) >= 11 is 0. The maximum atomic E-state index is 10.0. The van der Waals surface area contributed by atoms with Crippen molar-refractivity contribution in [1.29, 1.82) is 0 Å². The summed E-state index contributed by atoms with van der Waals surface area (Å²) in [5.41, 5.74) is 0. The highest BCUT2D eigenvalue weighted by molar-refractivity contribution is 7.72. The zero-order valence-electron chi connectivity index (χ0n) is 6.38. The Balaban J connectivity index is 2.91. The van der Waals surface area contributed by atoms with Crippen molar-refractivity contribution in [3.8, 4) is 0 Å². The highest BCUT2D eigenvalue weighted by Gasteiger charge is 1.89. The molecule has 0 rings (SSSR count). The van der Waals surface area contributed by atoms with Crippen LogP contribution in [0.1, 0.15) is 32.6 Å². The monoisotopic (exact) mass is 163 g/mol. The van der Waals surface area contributed by atoms with Crippen molar-refractivity contribution in [3.63, 3.8) is 0 Å². The largest absolute Gasteiger partial charge is 0.232 e. The number of hydrogen-bond acceptors (Lipinski definition) is 2. The van der Waals surface area contributed by atoms with Gasteiger partial charge in [-0.15, -0.1) is 0 Å². The van der Waals surface area contributed by atoms with Crippen LogP contribution >= 0.6 is 0 Å². The van der Waals surface area contributed by atoms with Gasteiger partial charge in [0.15, 0.2) is 0 Å². The fourth-order valence-electron chi connectivity index (χ4n) is 0.735. The predicted molar refractivity (Wildman–Crippen MR) is 43.6 cm³/mol. The Hall–Kier alpha value is -0.0500. The Labute approximate surface area is 64.6 Å². The molecule has 0 aliphatic rings. The van der Waals surface area contributed by atoms with E-state index in [1.807, 2.05) is 6.42 Å². The van der Waals surface area contributed by atoms with Crippen molar-refractivity contribution in [1.82, 2.24) is 0 Å². The van der Waals surface area contributed by atoms with Crippen molar-refractivity contribution in [2.75, 3.05) is 5.75 Å². The van der Waals surface area contributed by atoms with E-state index in [9.17, 15) is 8.42 Å². The van der Waals surface area contributed by atoms with E-state index in [0.717, 1.165) is 12.8 Å². The number of unbranched alkanes of at least 4 members (excludes halogenated alkanes) is 4. The van der Waals surface area contributed by atoms with E-state index in [1.165, 1.54) is 12.8 Å². The number of rotatable bonds is 6. The summed E-state index contributed by atoms with van der Waals surface area (Å²) < 4.78 is 20.1. The minimum absolute atomic E-state index is 0.249. The van der Waals surface area contributed by atoms with Crippen LogP contribution in [0.4, 0.5) is 0 Å². The van der Waals surface area contributed by atoms with Gasteiger partial charge in [-0.25, -0.2) is 8.42 Å². The van der Waals surface area contributed by atoms with Crippen LogP contribution in [0.2, 0.25) is 0 Å². The molecule has 0 spiro atoms. The second-order valence-corrected chi connectivity index (χ2v) is 3.33. The van der Waals surface area contributed by atoms with Gasteiger partial charge in [-0.05, 0) is 12.8 Å². The molecule has 0 N–H and O–H groups in total. The van der Waals surface area contributed by atoms with Crippen LogP contribution in [0.15, 0.2) is 0 Å².